The van der Waals surface area contributed by atoms with E-state index in [0.29, 0.717) is 5.69 Å². The number of rotatable bonds is 4. The van der Waals surface area contributed by atoms with Gasteiger partial charge in [-0.2, -0.15) is 5.10 Å². The Labute approximate surface area is 140 Å². The van der Waals surface area contributed by atoms with Crippen molar-refractivity contribution in [1.29, 1.82) is 0 Å². The van der Waals surface area contributed by atoms with Gasteiger partial charge >= 0.3 is 0 Å². The maximum absolute atomic E-state index is 13.8. The Hall–Kier alpha value is -1.96. The molecular weight excluding hydrogens is 336 g/mol. The smallest absolute Gasteiger partial charge is 0.265 e. The van der Waals surface area contributed by atoms with E-state index in [9.17, 15) is 17.2 Å². The number of anilines is 1. The van der Waals surface area contributed by atoms with Gasteiger partial charge in [0.15, 0.2) is 0 Å². The average Bonchev–Trinajstić information content (AvgIpc) is 2.89. The molecule has 1 aromatic heterocycles. The van der Waals surface area contributed by atoms with Gasteiger partial charge in [0, 0.05) is 23.7 Å². The minimum absolute atomic E-state index is 0.0408. The zero-order chi connectivity index (χ0) is 18.3. The number of sulfonamides is 1. The SMILES string of the molecule is CC(C)n1cc(S(=O)(=O)Nc2cc(F)ccc2F)c(C(C)(C)C)n1. The molecule has 0 saturated carbocycles. The molecule has 0 aliphatic heterocycles. The number of nitrogens with zero attached hydrogens (tertiary/aromatic N) is 2. The van der Waals surface area contributed by atoms with Gasteiger partial charge in [0.1, 0.15) is 16.5 Å². The molecule has 0 amide bonds. The van der Waals surface area contributed by atoms with Gasteiger partial charge in [-0.3, -0.25) is 9.40 Å². The molecule has 24 heavy (non-hydrogen) atoms. The standard InChI is InChI=1S/C16H21F2N3O2S/c1-10(2)21-9-14(15(19-21)16(3,4)5)24(22,23)20-13-8-11(17)6-7-12(13)18/h6-10,20H,1-5H3. The zero-order valence-corrected chi connectivity index (χ0v) is 15.1. The predicted octanol–water partition coefficient (Wildman–Crippen LogP) is 3.84. The van der Waals surface area contributed by atoms with E-state index >= 15 is 0 Å². The molecule has 0 bridgehead atoms. The first-order chi connectivity index (χ1) is 10.9. The molecule has 1 heterocycles. The molecule has 8 heteroatoms. The third-order valence-electron chi connectivity index (χ3n) is 3.40. The zero-order valence-electron chi connectivity index (χ0n) is 14.3. The van der Waals surface area contributed by atoms with Crippen molar-refractivity contribution in [2.45, 2.75) is 51.0 Å². The summed E-state index contributed by atoms with van der Waals surface area (Å²) >= 11 is 0. The summed E-state index contributed by atoms with van der Waals surface area (Å²) in [5.41, 5.74) is -0.613. The second kappa shape index (κ2) is 6.16. The molecule has 1 aromatic carbocycles. The van der Waals surface area contributed by atoms with Gasteiger partial charge in [-0.05, 0) is 26.0 Å². The lowest BCUT2D eigenvalue weighted by atomic mass is 9.92. The van der Waals surface area contributed by atoms with Crippen molar-refractivity contribution >= 4 is 15.7 Å². The molecule has 0 aliphatic carbocycles. The van der Waals surface area contributed by atoms with Crippen molar-refractivity contribution in [3.8, 4) is 0 Å². The summed E-state index contributed by atoms with van der Waals surface area (Å²) in [6, 6.07) is 2.55. The van der Waals surface area contributed by atoms with E-state index in [1.165, 1.54) is 10.9 Å². The molecule has 0 radical (unpaired) electrons. The summed E-state index contributed by atoms with van der Waals surface area (Å²) < 4.78 is 56.1. The minimum atomic E-state index is -4.12. The van der Waals surface area contributed by atoms with Crippen molar-refractivity contribution in [3.05, 3.63) is 41.7 Å². The van der Waals surface area contributed by atoms with Crippen LogP contribution < -0.4 is 4.72 Å². The van der Waals surface area contributed by atoms with Gasteiger partial charge in [-0.1, -0.05) is 20.8 Å². The molecule has 2 rings (SSSR count). The van der Waals surface area contributed by atoms with Gasteiger partial charge < -0.3 is 0 Å². The highest BCUT2D eigenvalue weighted by Crippen LogP contribution is 2.30. The Kier molecular flexibility index (Phi) is 4.72. The number of aromatic nitrogens is 2. The van der Waals surface area contributed by atoms with Crippen LogP contribution in [0.15, 0.2) is 29.3 Å². The summed E-state index contributed by atoms with van der Waals surface area (Å²) in [4.78, 5) is -0.0487. The Bertz CT molecular complexity index is 853. The Balaban J connectivity index is 2.55. The number of hydrogen-bond acceptors (Lipinski definition) is 3. The molecule has 2 aromatic rings. The Morgan fingerprint density at radius 3 is 2.38 bits per heavy atom. The predicted molar refractivity (Wildman–Crippen MR) is 88.5 cm³/mol. The van der Waals surface area contributed by atoms with Crippen LogP contribution in [-0.4, -0.2) is 18.2 Å². The first kappa shape index (κ1) is 18.4. The van der Waals surface area contributed by atoms with E-state index in [0.717, 1.165) is 18.2 Å². The van der Waals surface area contributed by atoms with E-state index in [4.69, 9.17) is 0 Å². The fourth-order valence-corrected chi connectivity index (χ4v) is 3.54. The van der Waals surface area contributed by atoms with Crippen LogP contribution in [0.5, 0.6) is 0 Å². The molecule has 1 N–H and O–H groups in total. The first-order valence-corrected chi connectivity index (χ1v) is 8.97. The highest BCUT2D eigenvalue weighted by atomic mass is 32.2. The van der Waals surface area contributed by atoms with E-state index in [-0.39, 0.29) is 10.9 Å². The fraction of sp³-hybridized carbons (Fsp3) is 0.438. The second-order valence-electron chi connectivity index (χ2n) is 6.90. The topological polar surface area (TPSA) is 64.0 Å². The van der Waals surface area contributed by atoms with Gasteiger partial charge in [-0.15, -0.1) is 0 Å². The van der Waals surface area contributed by atoms with E-state index in [2.05, 4.69) is 9.82 Å². The van der Waals surface area contributed by atoms with E-state index < -0.39 is 32.8 Å². The fourth-order valence-electron chi connectivity index (χ4n) is 2.13. The minimum Gasteiger partial charge on any atom is -0.276 e. The lowest BCUT2D eigenvalue weighted by Gasteiger charge is -2.18. The average molecular weight is 357 g/mol. The third-order valence-corrected chi connectivity index (χ3v) is 4.77. The third kappa shape index (κ3) is 3.75. The highest BCUT2D eigenvalue weighted by Gasteiger charge is 2.31. The lowest BCUT2D eigenvalue weighted by Crippen LogP contribution is -2.21. The molecular formula is C16H21F2N3O2S. The summed E-state index contributed by atoms with van der Waals surface area (Å²) in [6.07, 6.45) is 1.41. The van der Waals surface area contributed by atoms with Gasteiger partial charge in [0.25, 0.3) is 10.0 Å². The molecule has 132 valence electrons. The molecule has 0 saturated heterocycles. The van der Waals surface area contributed by atoms with Gasteiger partial charge in [-0.25, -0.2) is 17.2 Å². The van der Waals surface area contributed by atoms with Crippen molar-refractivity contribution in [2.75, 3.05) is 4.72 Å². The van der Waals surface area contributed by atoms with Crippen LogP contribution in [-0.2, 0) is 15.4 Å². The quantitative estimate of drug-likeness (QED) is 0.904. The summed E-state index contributed by atoms with van der Waals surface area (Å²) in [7, 11) is -4.12. The number of halogens is 2. The van der Waals surface area contributed by atoms with Crippen LogP contribution in [0.25, 0.3) is 0 Å². The molecule has 0 aliphatic rings. The van der Waals surface area contributed by atoms with E-state index in [1.54, 1.807) is 0 Å². The van der Waals surface area contributed by atoms with Gasteiger partial charge in [0.05, 0.1) is 11.4 Å². The Morgan fingerprint density at radius 2 is 1.83 bits per heavy atom. The van der Waals surface area contributed by atoms with Crippen molar-refractivity contribution in [3.63, 3.8) is 0 Å². The number of hydrogen-bond donors (Lipinski definition) is 1. The van der Waals surface area contributed by atoms with Crippen molar-refractivity contribution < 1.29 is 17.2 Å². The number of benzene rings is 1. The molecule has 0 atom stereocenters. The summed E-state index contributed by atoms with van der Waals surface area (Å²) in [6.45, 7) is 9.25. The maximum Gasteiger partial charge on any atom is 0.265 e. The monoisotopic (exact) mass is 357 g/mol. The van der Waals surface area contributed by atoms with Crippen LogP contribution in [0.3, 0.4) is 0 Å². The van der Waals surface area contributed by atoms with Gasteiger partial charge in [0.2, 0.25) is 0 Å². The summed E-state index contributed by atoms with van der Waals surface area (Å²) in [5, 5.41) is 4.36. The van der Waals surface area contributed by atoms with Crippen LogP contribution in [0.1, 0.15) is 46.4 Å². The lowest BCUT2D eigenvalue weighted by molar-refractivity contribution is 0.493. The van der Waals surface area contributed by atoms with Crippen LogP contribution in [0, 0.1) is 11.6 Å². The van der Waals surface area contributed by atoms with Crippen LogP contribution in [0.2, 0.25) is 0 Å². The molecule has 5 nitrogen and oxygen atoms in total. The molecule has 0 spiro atoms. The maximum atomic E-state index is 13.8. The van der Waals surface area contributed by atoms with E-state index in [1.807, 2.05) is 34.6 Å². The highest BCUT2D eigenvalue weighted by molar-refractivity contribution is 7.92. The second-order valence-corrected chi connectivity index (χ2v) is 8.55. The number of nitrogens with one attached hydrogen (secondary N) is 1. The molecule has 0 unspecified atom stereocenters. The molecule has 0 fully saturated rings. The van der Waals surface area contributed by atoms with Crippen molar-refractivity contribution in [2.24, 2.45) is 0 Å². The summed E-state index contributed by atoms with van der Waals surface area (Å²) in [5.74, 6) is -1.59. The Morgan fingerprint density at radius 1 is 1.21 bits per heavy atom. The van der Waals surface area contributed by atoms with Crippen LogP contribution >= 0.6 is 0 Å². The largest absolute Gasteiger partial charge is 0.276 e. The normalized spacial score (nSPS) is 12.7. The first-order valence-electron chi connectivity index (χ1n) is 7.49. The van der Waals surface area contributed by atoms with Crippen molar-refractivity contribution in [1.82, 2.24) is 9.78 Å². The van der Waals surface area contributed by atoms with Crippen LogP contribution in [0.4, 0.5) is 14.5 Å².